The van der Waals surface area contributed by atoms with E-state index >= 15 is 0 Å². The first-order chi connectivity index (χ1) is 9.05. The molecule has 1 rings (SSSR count). The lowest BCUT2D eigenvalue weighted by Gasteiger charge is -2.28. The van der Waals surface area contributed by atoms with Crippen LogP contribution in [-0.4, -0.2) is 28.4 Å². The molecule has 1 unspecified atom stereocenters. The number of carbonyl (C=O) groups excluding carboxylic acids is 1. The van der Waals surface area contributed by atoms with Crippen molar-refractivity contribution in [3.05, 3.63) is 42.5 Å². The van der Waals surface area contributed by atoms with Gasteiger partial charge in [0, 0.05) is 12.7 Å². The van der Waals surface area contributed by atoms with Crippen LogP contribution in [0, 0.1) is 0 Å². The Bertz CT molecular complexity index is 426. The van der Waals surface area contributed by atoms with Gasteiger partial charge >= 0.3 is 14.5 Å². The van der Waals surface area contributed by atoms with Gasteiger partial charge in [0.2, 0.25) is 0 Å². The van der Waals surface area contributed by atoms with Gasteiger partial charge in [0.1, 0.15) is 0 Å². The number of rotatable bonds is 7. The summed E-state index contributed by atoms with van der Waals surface area (Å²) in [5, 5.41) is 1.02. The third-order valence-electron chi connectivity index (χ3n) is 2.84. The number of esters is 1. The molecule has 1 atom stereocenters. The molecule has 0 aliphatic carbocycles. The minimum Gasteiger partial charge on any atom is -0.436 e. The van der Waals surface area contributed by atoms with Crippen LogP contribution < -0.4 is 5.19 Å². The Hall–Kier alpha value is -1.43. The summed E-state index contributed by atoms with van der Waals surface area (Å²) in [5.74, 6) is -0.455. The van der Waals surface area contributed by atoms with Crippen LogP contribution in [0.5, 0.6) is 0 Å². The zero-order valence-corrected chi connectivity index (χ0v) is 12.6. The highest BCUT2D eigenvalue weighted by Crippen LogP contribution is 2.13. The Kier molecular flexibility index (Phi) is 5.94. The fraction of sp³-hybridized carbons (Fsp3) is 0.357. The second kappa shape index (κ2) is 7.23. The first-order valence-electron chi connectivity index (χ1n) is 6.13. The van der Waals surface area contributed by atoms with Gasteiger partial charge in [-0.15, -0.1) is 0 Å². The maximum absolute atomic E-state index is 11.3. The molecule has 0 heterocycles. The molecule has 1 aromatic rings. The first kappa shape index (κ1) is 15.6. The molecule has 0 radical (unpaired) electrons. The van der Waals surface area contributed by atoms with Crippen LogP contribution in [0.1, 0.15) is 13.8 Å². The Morgan fingerprint density at radius 1 is 1.32 bits per heavy atom. The lowest BCUT2D eigenvalue weighted by atomic mass is 10.4. The monoisotopic (exact) mass is 280 g/mol. The van der Waals surface area contributed by atoms with Crippen molar-refractivity contribution in [2.75, 3.05) is 13.9 Å². The number of ether oxygens (including phenoxy) is 1. The molecule has 0 bridgehead atoms. The number of hydrogen-bond donors (Lipinski definition) is 0. The van der Waals surface area contributed by atoms with Crippen molar-refractivity contribution >= 4 is 19.7 Å². The molecule has 4 nitrogen and oxygen atoms in total. The van der Waals surface area contributed by atoms with Crippen LogP contribution in [-0.2, 0) is 18.4 Å². The molecule has 0 saturated heterocycles. The standard InChI is InChI=1S/C14H20O4Si/c1-5-19(16-4,13-9-7-6-8-10-13)18-11-17-14(15)12(2)3/h6-10H,2,5,11H2,1,3-4H3. The van der Waals surface area contributed by atoms with E-state index in [2.05, 4.69) is 6.58 Å². The smallest absolute Gasteiger partial charge is 0.374 e. The normalized spacial score (nSPS) is 13.6. The highest BCUT2D eigenvalue weighted by molar-refractivity contribution is 6.81. The van der Waals surface area contributed by atoms with Crippen molar-refractivity contribution in [3.8, 4) is 0 Å². The van der Waals surface area contributed by atoms with Gasteiger partial charge in [0.05, 0.1) is 0 Å². The van der Waals surface area contributed by atoms with E-state index in [9.17, 15) is 4.79 Å². The maximum atomic E-state index is 11.3. The van der Waals surface area contributed by atoms with E-state index in [4.69, 9.17) is 13.6 Å². The minimum atomic E-state index is -2.53. The van der Waals surface area contributed by atoms with E-state index in [1.165, 1.54) is 0 Å². The van der Waals surface area contributed by atoms with E-state index in [0.29, 0.717) is 5.57 Å². The quantitative estimate of drug-likeness (QED) is 0.332. The van der Waals surface area contributed by atoms with Gasteiger partial charge in [-0.2, -0.15) is 0 Å². The summed E-state index contributed by atoms with van der Waals surface area (Å²) in [4.78, 5) is 11.3. The summed E-state index contributed by atoms with van der Waals surface area (Å²) in [7, 11) is -0.900. The molecule has 0 N–H and O–H groups in total. The lowest BCUT2D eigenvalue weighted by Crippen LogP contribution is -2.53. The molecule has 1 aromatic carbocycles. The van der Waals surface area contributed by atoms with Gasteiger partial charge in [0.15, 0.2) is 6.79 Å². The van der Waals surface area contributed by atoms with Crippen LogP contribution >= 0.6 is 0 Å². The molecular weight excluding hydrogens is 260 g/mol. The van der Waals surface area contributed by atoms with Gasteiger partial charge in [-0.05, 0) is 18.2 Å². The fourth-order valence-electron chi connectivity index (χ4n) is 1.70. The van der Waals surface area contributed by atoms with Crippen LogP contribution in [0.4, 0.5) is 0 Å². The molecular formula is C14H20O4Si. The molecule has 0 saturated carbocycles. The van der Waals surface area contributed by atoms with Crippen LogP contribution in [0.25, 0.3) is 0 Å². The summed E-state index contributed by atoms with van der Waals surface area (Å²) in [6, 6.07) is 10.5. The highest BCUT2D eigenvalue weighted by atomic mass is 28.4. The summed E-state index contributed by atoms with van der Waals surface area (Å²) >= 11 is 0. The van der Waals surface area contributed by atoms with Crippen molar-refractivity contribution in [2.45, 2.75) is 19.9 Å². The molecule has 0 spiro atoms. The van der Waals surface area contributed by atoms with Crippen molar-refractivity contribution in [3.63, 3.8) is 0 Å². The van der Waals surface area contributed by atoms with Crippen molar-refractivity contribution in [1.82, 2.24) is 0 Å². The SMILES string of the molecule is C=C(C)C(=O)OCO[Si](CC)(OC)c1ccccc1. The van der Waals surface area contributed by atoms with Gasteiger partial charge in [0.25, 0.3) is 0 Å². The average molecular weight is 280 g/mol. The largest absolute Gasteiger partial charge is 0.436 e. The Balaban J connectivity index is 2.73. The Morgan fingerprint density at radius 3 is 2.42 bits per heavy atom. The molecule has 0 aromatic heterocycles. The lowest BCUT2D eigenvalue weighted by molar-refractivity contribution is -0.146. The van der Waals surface area contributed by atoms with Crippen molar-refractivity contribution < 1.29 is 18.4 Å². The predicted octanol–water partition coefficient (Wildman–Crippen LogP) is 2.10. The van der Waals surface area contributed by atoms with Crippen LogP contribution in [0.2, 0.25) is 6.04 Å². The number of carbonyl (C=O) groups is 1. The van der Waals surface area contributed by atoms with E-state index in [-0.39, 0.29) is 6.79 Å². The number of hydrogen-bond acceptors (Lipinski definition) is 4. The molecule has 19 heavy (non-hydrogen) atoms. The zero-order valence-electron chi connectivity index (χ0n) is 11.6. The Labute approximate surface area is 115 Å². The highest BCUT2D eigenvalue weighted by Gasteiger charge is 2.37. The third-order valence-corrected chi connectivity index (χ3v) is 6.23. The molecule has 0 fully saturated rings. The van der Waals surface area contributed by atoms with Gasteiger partial charge < -0.3 is 13.6 Å². The van der Waals surface area contributed by atoms with Gasteiger partial charge in [-0.3, -0.25) is 0 Å². The summed E-state index contributed by atoms with van der Waals surface area (Å²) in [6.45, 7) is 7.00. The molecule has 0 amide bonds. The molecule has 0 aliphatic rings. The topological polar surface area (TPSA) is 44.8 Å². The Morgan fingerprint density at radius 2 is 1.95 bits per heavy atom. The van der Waals surface area contributed by atoms with Gasteiger partial charge in [-0.1, -0.05) is 43.8 Å². The summed E-state index contributed by atoms with van der Waals surface area (Å²) in [5.41, 5.74) is 0.351. The van der Waals surface area contributed by atoms with E-state index in [1.54, 1.807) is 14.0 Å². The predicted molar refractivity (Wildman–Crippen MR) is 76.2 cm³/mol. The summed E-state index contributed by atoms with van der Waals surface area (Å²) in [6.07, 6.45) is 0. The first-order valence-corrected chi connectivity index (χ1v) is 8.15. The summed E-state index contributed by atoms with van der Waals surface area (Å²) < 4.78 is 16.4. The molecule has 0 aliphatic heterocycles. The van der Waals surface area contributed by atoms with Crippen LogP contribution in [0.3, 0.4) is 0 Å². The minimum absolute atomic E-state index is 0.117. The fourth-order valence-corrected chi connectivity index (χ4v) is 4.07. The van der Waals surface area contributed by atoms with Crippen molar-refractivity contribution in [2.24, 2.45) is 0 Å². The average Bonchev–Trinajstić information content (AvgIpc) is 2.44. The third kappa shape index (κ3) is 4.02. The zero-order chi connectivity index (χ0) is 14.3. The second-order valence-electron chi connectivity index (χ2n) is 4.15. The van der Waals surface area contributed by atoms with E-state index in [1.807, 2.05) is 37.3 Å². The van der Waals surface area contributed by atoms with Crippen LogP contribution in [0.15, 0.2) is 42.5 Å². The second-order valence-corrected chi connectivity index (χ2v) is 7.64. The molecule has 104 valence electrons. The maximum Gasteiger partial charge on any atom is 0.374 e. The number of benzene rings is 1. The van der Waals surface area contributed by atoms with E-state index < -0.39 is 14.5 Å². The van der Waals surface area contributed by atoms with Gasteiger partial charge in [-0.25, -0.2) is 4.79 Å². The van der Waals surface area contributed by atoms with Crippen molar-refractivity contribution in [1.29, 1.82) is 0 Å². The van der Waals surface area contributed by atoms with E-state index in [0.717, 1.165) is 11.2 Å². The molecule has 5 heteroatoms.